The lowest BCUT2D eigenvalue weighted by atomic mass is 10.2. The first-order valence-corrected chi connectivity index (χ1v) is 5.68. The Morgan fingerprint density at radius 1 is 1.28 bits per heavy atom. The third-order valence-electron chi connectivity index (χ3n) is 2.16. The van der Waals surface area contributed by atoms with Crippen LogP contribution in [0.15, 0.2) is 18.2 Å². The molecular formula is C13H17NO4. The van der Waals surface area contributed by atoms with E-state index in [1.165, 1.54) is 7.11 Å². The van der Waals surface area contributed by atoms with Gasteiger partial charge in [-0.05, 0) is 19.1 Å². The van der Waals surface area contributed by atoms with Gasteiger partial charge < -0.3 is 19.3 Å². The second kappa shape index (κ2) is 7.54. The van der Waals surface area contributed by atoms with Gasteiger partial charge in [0.05, 0.1) is 24.8 Å². The Labute approximate surface area is 107 Å². The van der Waals surface area contributed by atoms with Gasteiger partial charge in [0.1, 0.15) is 12.7 Å². The highest BCUT2D eigenvalue weighted by molar-refractivity contribution is 5.46. The number of benzene rings is 1. The smallest absolute Gasteiger partial charge is 0.162 e. The van der Waals surface area contributed by atoms with Crippen molar-refractivity contribution in [2.75, 3.05) is 26.9 Å². The summed E-state index contributed by atoms with van der Waals surface area (Å²) < 4.78 is 15.6. The van der Waals surface area contributed by atoms with Crippen LogP contribution in [-0.4, -0.2) is 38.1 Å². The minimum absolute atomic E-state index is 0.111. The summed E-state index contributed by atoms with van der Waals surface area (Å²) in [6, 6.07) is 6.94. The van der Waals surface area contributed by atoms with Gasteiger partial charge >= 0.3 is 0 Å². The zero-order valence-electron chi connectivity index (χ0n) is 10.5. The predicted molar refractivity (Wildman–Crippen MR) is 65.7 cm³/mol. The molecule has 0 radical (unpaired) electrons. The van der Waals surface area contributed by atoms with Crippen molar-refractivity contribution in [3.05, 3.63) is 23.8 Å². The molecule has 0 spiro atoms. The lowest BCUT2D eigenvalue weighted by Gasteiger charge is -2.14. The predicted octanol–water partition coefficient (Wildman–Crippen LogP) is 1.34. The van der Waals surface area contributed by atoms with E-state index in [1.54, 1.807) is 18.2 Å². The zero-order valence-corrected chi connectivity index (χ0v) is 10.5. The number of hydrogen-bond donors (Lipinski definition) is 1. The van der Waals surface area contributed by atoms with Crippen molar-refractivity contribution in [3.8, 4) is 17.6 Å². The molecule has 1 N–H and O–H groups in total. The molecule has 98 valence electrons. The molecule has 0 aromatic heterocycles. The second-order valence-electron chi connectivity index (χ2n) is 3.63. The molecule has 1 aromatic rings. The third-order valence-corrected chi connectivity index (χ3v) is 2.16. The fourth-order valence-corrected chi connectivity index (χ4v) is 1.39. The van der Waals surface area contributed by atoms with Crippen molar-refractivity contribution in [1.82, 2.24) is 0 Å². The molecule has 1 aromatic carbocycles. The number of ether oxygens (including phenoxy) is 3. The number of rotatable bonds is 7. The summed E-state index contributed by atoms with van der Waals surface area (Å²) >= 11 is 0. The van der Waals surface area contributed by atoms with Gasteiger partial charge in [-0.2, -0.15) is 5.26 Å². The number of aliphatic hydroxyl groups is 1. The van der Waals surface area contributed by atoms with E-state index in [9.17, 15) is 5.11 Å². The van der Waals surface area contributed by atoms with E-state index in [-0.39, 0.29) is 13.2 Å². The van der Waals surface area contributed by atoms with E-state index in [0.29, 0.717) is 23.7 Å². The lowest BCUT2D eigenvalue weighted by Crippen LogP contribution is -2.22. The minimum Gasteiger partial charge on any atom is -0.490 e. The molecule has 0 saturated carbocycles. The van der Waals surface area contributed by atoms with Gasteiger partial charge in [-0.1, -0.05) is 0 Å². The van der Waals surface area contributed by atoms with E-state index >= 15 is 0 Å². The summed E-state index contributed by atoms with van der Waals surface area (Å²) in [5.41, 5.74) is 0.503. The van der Waals surface area contributed by atoms with Crippen LogP contribution < -0.4 is 9.47 Å². The summed E-state index contributed by atoms with van der Waals surface area (Å²) in [5, 5.41) is 18.3. The first-order valence-electron chi connectivity index (χ1n) is 5.68. The van der Waals surface area contributed by atoms with Crippen molar-refractivity contribution in [2.45, 2.75) is 13.0 Å². The van der Waals surface area contributed by atoms with Gasteiger partial charge in [0.2, 0.25) is 0 Å². The fourth-order valence-electron chi connectivity index (χ4n) is 1.39. The van der Waals surface area contributed by atoms with E-state index in [1.807, 2.05) is 13.0 Å². The zero-order chi connectivity index (χ0) is 13.4. The highest BCUT2D eigenvalue weighted by Crippen LogP contribution is 2.28. The Kier molecular flexibility index (Phi) is 5.98. The maximum absolute atomic E-state index is 9.49. The van der Waals surface area contributed by atoms with Gasteiger partial charge in [0.25, 0.3) is 0 Å². The highest BCUT2D eigenvalue weighted by Gasteiger charge is 2.09. The first-order chi connectivity index (χ1) is 8.71. The Balaban J connectivity index is 2.72. The van der Waals surface area contributed by atoms with Crippen molar-refractivity contribution < 1.29 is 19.3 Å². The number of methoxy groups -OCH3 is 1. The maximum Gasteiger partial charge on any atom is 0.162 e. The van der Waals surface area contributed by atoms with Crippen LogP contribution in [0.5, 0.6) is 11.5 Å². The summed E-state index contributed by atoms with van der Waals surface area (Å²) in [5.74, 6) is 1.01. The van der Waals surface area contributed by atoms with Gasteiger partial charge in [0.15, 0.2) is 11.5 Å². The standard InChI is InChI=1S/C13H17NO4/c1-3-17-13-6-10(7-14)4-5-12(13)18-9-11(15)8-16-2/h4-6,11,15H,3,8-9H2,1-2H3. The van der Waals surface area contributed by atoms with Crippen LogP contribution in [0.1, 0.15) is 12.5 Å². The van der Waals surface area contributed by atoms with Crippen molar-refractivity contribution in [1.29, 1.82) is 5.26 Å². The molecule has 5 nitrogen and oxygen atoms in total. The molecule has 0 fully saturated rings. The van der Waals surface area contributed by atoms with Gasteiger partial charge in [-0.15, -0.1) is 0 Å². The van der Waals surface area contributed by atoms with Crippen LogP contribution in [0, 0.1) is 11.3 Å². The monoisotopic (exact) mass is 251 g/mol. The summed E-state index contributed by atoms with van der Waals surface area (Å²) in [4.78, 5) is 0. The molecule has 0 aliphatic rings. The van der Waals surface area contributed by atoms with Crippen LogP contribution in [-0.2, 0) is 4.74 Å². The summed E-state index contributed by atoms with van der Waals surface area (Å²) in [7, 11) is 1.51. The second-order valence-corrected chi connectivity index (χ2v) is 3.63. The molecule has 1 atom stereocenters. The SMILES string of the molecule is CCOc1cc(C#N)ccc1OCC(O)COC. The van der Waals surface area contributed by atoms with Crippen molar-refractivity contribution in [3.63, 3.8) is 0 Å². The van der Waals surface area contributed by atoms with E-state index < -0.39 is 6.10 Å². The van der Waals surface area contributed by atoms with Crippen molar-refractivity contribution >= 4 is 0 Å². The van der Waals surface area contributed by atoms with Crippen LogP contribution >= 0.6 is 0 Å². The van der Waals surface area contributed by atoms with Gasteiger partial charge in [-0.3, -0.25) is 0 Å². The molecule has 1 unspecified atom stereocenters. The van der Waals surface area contributed by atoms with Crippen LogP contribution in [0.2, 0.25) is 0 Å². The Morgan fingerprint density at radius 2 is 2.06 bits per heavy atom. The third kappa shape index (κ3) is 4.24. The average Bonchev–Trinajstić information content (AvgIpc) is 2.38. The Hall–Kier alpha value is -1.77. The molecule has 0 heterocycles. The number of aliphatic hydroxyl groups excluding tert-OH is 1. The molecule has 1 rings (SSSR count). The Morgan fingerprint density at radius 3 is 2.67 bits per heavy atom. The van der Waals surface area contributed by atoms with E-state index in [2.05, 4.69) is 0 Å². The van der Waals surface area contributed by atoms with Crippen LogP contribution in [0.25, 0.3) is 0 Å². The molecule has 5 heteroatoms. The fraction of sp³-hybridized carbons (Fsp3) is 0.462. The average molecular weight is 251 g/mol. The number of nitrogens with zero attached hydrogens (tertiary/aromatic N) is 1. The minimum atomic E-state index is -0.694. The number of hydrogen-bond acceptors (Lipinski definition) is 5. The number of nitriles is 1. The van der Waals surface area contributed by atoms with Gasteiger partial charge in [0, 0.05) is 13.2 Å². The van der Waals surface area contributed by atoms with E-state index in [0.717, 1.165) is 0 Å². The molecular weight excluding hydrogens is 234 g/mol. The van der Waals surface area contributed by atoms with Crippen LogP contribution in [0.3, 0.4) is 0 Å². The normalized spacial score (nSPS) is 11.7. The van der Waals surface area contributed by atoms with E-state index in [4.69, 9.17) is 19.5 Å². The molecule has 0 aliphatic carbocycles. The largest absolute Gasteiger partial charge is 0.490 e. The molecule has 0 saturated heterocycles. The molecule has 0 amide bonds. The van der Waals surface area contributed by atoms with Gasteiger partial charge in [-0.25, -0.2) is 0 Å². The van der Waals surface area contributed by atoms with Crippen LogP contribution in [0.4, 0.5) is 0 Å². The summed E-state index contributed by atoms with van der Waals surface area (Å²) in [6.45, 7) is 2.65. The molecule has 18 heavy (non-hydrogen) atoms. The quantitative estimate of drug-likeness (QED) is 0.791. The molecule has 0 bridgehead atoms. The lowest BCUT2D eigenvalue weighted by molar-refractivity contribution is 0.0318. The Bertz CT molecular complexity index is 414. The topological polar surface area (TPSA) is 71.7 Å². The molecule has 0 aliphatic heterocycles. The maximum atomic E-state index is 9.49. The first kappa shape index (κ1) is 14.3. The highest BCUT2D eigenvalue weighted by atomic mass is 16.5. The van der Waals surface area contributed by atoms with Crippen molar-refractivity contribution in [2.24, 2.45) is 0 Å². The summed E-state index contributed by atoms with van der Waals surface area (Å²) in [6.07, 6.45) is -0.694.